The molecular formula is C22H28FN3O. The average molecular weight is 369 g/mol. The largest absolute Gasteiger partial charge is 0.354 e. The van der Waals surface area contributed by atoms with Crippen molar-refractivity contribution >= 4 is 5.91 Å². The lowest BCUT2D eigenvalue weighted by Gasteiger charge is -2.38. The Labute approximate surface area is 161 Å². The number of benzene rings is 2. The highest BCUT2D eigenvalue weighted by Crippen LogP contribution is 2.21. The lowest BCUT2D eigenvalue weighted by Crippen LogP contribution is -2.48. The summed E-state index contributed by atoms with van der Waals surface area (Å²) in [4.78, 5) is 17.1. The van der Waals surface area contributed by atoms with E-state index in [9.17, 15) is 9.18 Å². The number of hydrogen-bond acceptors (Lipinski definition) is 3. The minimum Gasteiger partial charge on any atom is -0.354 e. The van der Waals surface area contributed by atoms with Gasteiger partial charge in [-0.25, -0.2) is 4.39 Å². The van der Waals surface area contributed by atoms with Gasteiger partial charge in [0.1, 0.15) is 5.82 Å². The monoisotopic (exact) mass is 369 g/mol. The van der Waals surface area contributed by atoms with Crippen LogP contribution in [0.5, 0.6) is 0 Å². The SMILES string of the molecule is CN1CCN(C(CNC(=O)CCc2cccc(F)c2)c2ccccc2)CC1. The fourth-order valence-electron chi connectivity index (χ4n) is 3.52. The Balaban J connectivity index is 1.56. The lowest BCUT2D eigenvalue weighted by atomic mass is 10.0. The molecule has 0 spiro atoms. The third kappa shape index (κ3) is 5.88. The molecule has 0 bridgehead atoms. The first-order chi connectivity index (χ1) is 13.1. The number of nitrogens with one attached hydrogen (secondary N) is 1. The van der Waals surface area contributed by atoms with Gasteiger partial charge in [0.05, 0.1) is 6.04 Å². The highest BCUT2D eigenvalue weighted by Gasteiger charge is 2.24. The summed E-state index contributed by atoms with van der Waals surface area (Å²) in [6, 6.07) is 17.0. The first-order valence-corrected chi connectivity index (χ1v) is 9.60. The Hall–Kier alpha value is -2.24. The van der Waals surface area contributed by atoms with Crippen LogP contribution in [-0.2, 0) is 11.2 Å². The van der Waals surface area contributed by atoms with Gasteiger partial charge in [-0.05, 0) is 36.7 Å². The molecule has 2 aromatic carbocycles. The van der Waals surface area contributed by atoms with Gasteiger partial charge in [-0.2, -0.15) is 0 Å². The molecule has 0 saturated carbocycles. The Morgan fingerprint density at radius 3 is 2.52 bits per heavy atom. The van der Waals surface area contributed by atoms with E-state index in [1.807, 2.05) is 24.3 Å². The molecule has 27 heavy (non-hydrogen) atoms. The zero-order valence-electron chi connectivity index (χ0n) is 15.9. The fourth-order valence-corrected chi connectivity index (χ4v) is 3.52. The van der Waals surface area contributed by atoms with Crippen molar-refractivity contribution in [1.82, 2.24) is 15.1 Å². The molecule has 0 aliphatic carbocycles. The van der Waals surface area contributed by atoms with E-state index in [1.54, 1.807) is 6.07 Å². The Kier molecular flexibility index (Phi) is 6.96. The van der Waals surface area contributed by atoms with E-state index in [1.165, 1.54) is 17.7 Å². The molecule has 1 fully saturated rings. The molecule has 1 atom stereocenters. The van der Waals surface area contributed by atoms with Crippen molar-refractivity contribution in [3.05, 3.63) is 71.5 Å². The topological polar surface area (TPSA) is 35.6 Å². The van der Waals surface area contributed by atoms with Crippen molar-refractivity contribution in [3.8, 4) is 0 Å². The zero-order valence-corrected chi connectivity index (χ0v) is 15.9. The maximum absolute atomic E-state index is 13.3. The molecule has 144 valence electrons. The van der Waals surface area contributed by atoms with Crippen LogP contribution < -0.4 is 5.32 Å². The number of hydrogen-bond donors (Lipinski definition) is 1. The molecule has 1 amide bonds. The summed E-state index contributed by atoms with van der Waals surface area (Å²) < 4.78 is 13.3. The summed E-state index contributed by atoms with van der Waals surface area (Å²) in [7, 11) is 2.14. The van der Waals surface area contributed by atoms with Crippen LogP contribution in [0.4, 0.5) is 4.39 Å². The van der Waals surface area contributed by atoms with Crippen molar-refractivity contribution in [3.63, 3.8) is 0 Å². The van der Waals surface area contributed by atoms with Crippen LogP contribution in [0.15, 0.2) is 54.6 Å². The number of rotatable bonds is 7. The third-order valence-corrected chi connectivity index (χ3v) is 5.19. The summed E-state index contributed by atoms with van der Waals surface area (Å²) >= 11 is 0. The van der Waals surface area contributed by atoms with Gasteiger partial charge in [-0.3, -0.25) is 9.69 Å². The second-order valence-electron chi connectivity index (χ2n) is 7.20. The molecule has 4 nitrogen and oxygen atoms in total. The van der Waals surface area contributed by atoms with E-state index >= 15 is 0 Å². The van der Waals surface area contributed by atoms with Gasteiger partial charge in [0.25, 0.3) is 0 Å². The van der Waals surface area contributed by atoms with Gasteiger partial charge in [0.2, 0.25) is 5.91 Å². The smallest absolute Gasteiger partial charge is 0.220 e. The van der Waals surface area contributed by atoms with Crippen molar-refractivity contribution < 1.29 is 9.18 Å². The Morgan fingerprint density at radius 2 is 1.81 bits per heavy atom. The summed E-state index contributed by atoms with van der Waals surface area (Å²) in [5.41, 5.74) is 2.08. The summed E-state index contributed by atoms with van der Waals surface area (Å²) in [5, 5.41) is 3.09. The third-order valence-electron chi connectivity index (χ3n) is 5.19. The van der Waals surface area contributed by atoms with Gasteiger partial charge < -0.3 is 10.2 Å². The zero-order chi connectivity index (χ0) is 19.1. The number of likely N-dealkylation sites (N-methyl/N-ethyl adjacent to an activating group) is 1. The molecule has 1 unspecified atom stereocenters. The first-order valence-electron chi connectivity index (χ1n) is 9.60. The minimum atomic E-state index is -0.257. The molecule has 1 aliphatic rings. The van der Waals surface area contributed by atoms with Crippen molar-refractivity contribution in [2.45, 2.75) is 18.9 Å². The quantitative estimate of drug-likeness (QED) is 0.815. The van der Waals surface area contributed by atoms with Crippen LogP contribution in [0.1, 0.15) is 23.6 Å². The fraction of sp³-hybridized carbons (Fsp3) is 0.409. The van der Waals surface area contributed by atoms with Crippen LogP contribution in [0, 0.1) is 5.82 Å². The number of amides is 1. The minimum absolute atomic E-state index is 0.00863. The molecule has 0 aromatic heterocycles. The van der Waals surface area contributed by atoms with Gasteiger partial charge in [-0.1, -0.05) is 42.5 Å². The van der Waals surface area contributed by atoms with Crippen LogP contribution >= 0.6 is 0 Å². The van der Waals surface area contributed by atoms with E-state index in [4.69, 9.17) is 0 Å². The van der Waals surface area contributed by atoms with Gasteiger partial charge in [0.15, 0.2) is 0 Å². The predicted molar refractivity (Wildman–Crippen MR) is 106 cm³/mol. The molecule has 2 aromatic rings. The maximum Gasteiger partial charge on any atom is 0.220 e. The van der Waals surface area contributed by atoms with Crippen molar-refractivity contribution in [1.29, 1.82) is 0 Å². The molecule has 1 heterocycles. The molecule has 1 saturated heterocycles. The van der Waals surface area contributed by atoms with E-state index in [2.05, 4.69) is 34.3 Å². The summed E-state index contributed by atoms with van der Waals surface area (Å²) in [6.45, 7) is 4.66. The molecule has 5 heteroatoms. The predicted octanol–water partition coefficient (Wildman–Crippen LogP) is 2.86. The summed E-state index contributed by atoms with van der Waals surface area (Å²) in [5.74, 6) is -0.249. The lowest BCUT2D eigenvalue weighted by molar-refractivity contribution is -0.121. The second kappa shape index (κ2) is 9.62. The number of piperazine rings is 1. The first kappa shape index (κ1) is 19.5. The van der Waals surface area contributed by atoms with Gasteiger partial charge in [0, 0.05) is 39.1 Å². The summed E-state index contributed by atoms with van der Waals surface area (Å²) in [6.07, 6.45) is 0.918. The number of nitrogens with zero attached hydrogens (tertiary/aromatic N) is 2. The van der Waals surface area contributed by atoms with Crippen LogP contribution in [0.2, 0.25) is 0 Å². The van der Waals surface area contributed by atoms with E-state index < -0.39 is 0 Å². The van der Waals surface area contributed by atoms with Crippen LogP contribution in [0.3, 0.4) is 0 Å². The van der Waals surface area contributed by atoms with Crippen molar-refractivity contribution in [2.24, 2.45) is 0 Å². The number of aryl methyl sites for hydroxylation is 1. The van der Waals surface area contributed by atoms with E-state index in [-0.39, 0.29) is 17.8 Å². The van der Waals surface area contributed by atoms with E-state index in [0.717, 1.165) is 31.7 Å². The van der Waals surface area contributed by atoms with Crippen molar-refractivity contribution in [2.75, 3.05) is 39.8 Å². The maximum atomic E-state index is 13.3. The number of carbonyl (C=O) groups is 1. The van der Waals surface area contributed by atoms with Crippen LogP contribution in [-0.4, -0.2) is 55.5 Å². The highest BCUT2D eigenvalue weighted by molar-refractivity contribution is 5.76. The molecular weight excluding hydrogens is 341 g/mol. The second-order valence-corrected chi connectivity index (χ2v) is 7.20. The van der Waals surface area contributed by atoms with Crippen LogP contribution in [0.25, 0.3) is 0 Å². The molecule has 1 aliphatic heterocycles. The Bertz CT molecular complexity index is 729. The van der Waals surface area contributed by atoms with E-state index in [0.29, 0.717) is 19.4 Å². The number of halogens is 1. The molecule has 1 N–H and O–H groups in total. The van der Waals surface area contributed by atoms with Gasteiger partial charge in [-0.15, -0.1) is 0 Å². The number of carbonyl (C=O) groups excluding carboxylic acids is 1. The van der Waals surface area contributed by atoms with Gasteiger partial charge >= 0.3 is 0 Å². The molecule has 0 radical (unpaired) electrons. The Morgan fingerprint density at radius 1 is 1.07 bits per heavy atom. The molecule has 3 rings (SSSR count). The average Bonchev–Trinajstić information content (AvgIpc) is 2.69. The highest BCUT2D eigenvalue weighted by atomic mass is 19.1. The standard InChI is InChI=1S/C22H28FN3O/c1-25-12-14-26(15-13-25)21(19-7-3-2-4-8-19)17-24-22(27)11-10-18-6-5-9-20(23)16-18/h2-9,16,21H,10-15,17H2,1H3,(H,24,27). The normalized spacial score (nSPS) is 16.8.